The summed E-state index contributed by atoms with van der Waals surface area (Å²) < 4.78 is 5.22. The van der Waals surface area contributed by atoms with Crippen molar-refractivity contribution in [3.8, 4) is 0 Å². The van der Waals surface area contributed by atoms with E-state index in [0.717, 1.165) is 25.7 Å². The number of carbonyl (C=O) groups excluding carboxylic acids is 1. The molecule has 1 aliphatic carbocycles. The molecule has 108 valence electrons. The first-order valence-electron chi connectivity index (χ1n) is 6.86. The highest BCUT2D eigenvalue weighted by Gasteiger charge is 2.27. The fourth-order valence-corrected chi connectivity index (χ4v) is 3.74. The lowest BCUT2D eigenvalue weighted by molar-refractivity contribution is -0.142. The smallest absolute Gasteiger partial charge is 0.306 e. The second-order valence-electron chi connectivity index (χ2n) is 5.12. The van der Waals surface area contributed by atoms with Crippen molar-refractivity contribution in [1.29, 1.82) is 0 Å². The molecule has 0 unspecified atom stereocenters. The van der Waals surface area contributed by atoms with Crippen LogP contribution < -0.4 is 0 Å². The summed E-state index contributed by atoms with van der Waals surface area (Å²) in [6, 6.07) is 0. The van der Waals surface area contributed by atoms with Gasteiger partial charge >= 0.3 is 5.97 Å². The summed E-state index contributed by atoms with van der Waals surface area (Å²) in [5.74, 6) is -0.143. The predicted molar refractivity (Wildman–Crippen MR) is 73.2 cm³/mol. The minimum atomic E-state index is -0.673. The molecular weight excluding hydrogens is 266 g/mol. The summed E-state index contributed by atoms with van der Waals surface area (Å²) in [7, 11) is 0. The molecule has 0 bridgehead atoms. The van der Waals surface area contributed by atoms with Crippen LogP contribution in [0.4, 0.5) is 0 Å². The number of morpholine rings is 1. The van der Waals surface area contributed by atoms with E-state index < -0.39 is 5.97 Å². The average Bonchev–Trinajstić information content (AvgIpc) is 2.46. The molecule has 0 atom stereocenters. The van der Waals surface area contributed by atoms with E-state index in [1.165, 1.54) is 0 Å². The molecule has 2 fully saturated rings. The predicted octanol–water partition coefficient (Wildman–Crippen LogP) is 1.22. The average molecular weight is 287 g/mol. The lowest BCUT2D eigenvalue weighted by atomic mass is 9.89. The highest BCUT2D eigenvalue weighted by molar-refractivity contribution is 8.00. The van der Waals surface area contributed by atoms with Crippen LogP contribution in [0.5, 0.6) is 0 Å². The molecule has 6 heteroatoms. The van der Waals surface area contributed by atoms with E-state index in [2.05, 4.69) is 0 Å². The summed E-state index contributed by atoms with van der Waals surface area (Å²) in [6.45, 7) is 2.68. The van der Waals surface area contributed by atoms with Gasteiger partial charge in [-0.3, -0.25) is 9.59 Å². The summed E-state index contributed by atoms with van der Waals surface area (Å²) in [5.41, 5.74) is 0. The Balaban J connectivity index is 1.66. The summed E-state index contributed by atoms with van der Waals surface area (Å²) in [6.07, 6.45) is 3.33. The van der Waals surface area contributed by atoms with Crippen LogP contribution in [0, 0.1) is 5.92 Å². The zero-order valence-electron chi connectivity index (χ0n) is 11.0. The number of carboxylic acids is 1. The molecule has 0 aromatic heterocycles. The minimum absolute atomic E-state index is 0.174. The molecule has 1 heterocycles. The van der Waals surface area contributed by atoms with Crippen LogP contribution in [-0.4, -0.2) is 59.2 Å². The van der Waals surface area contributed by atoms with Gasteiger partial charge in [0.05, 0.1) is 24.9 Å². The third-order valence-corrected chi connectivity index (χ3v) is 5.19. The Morgan fingerprint density at radius 2 is 1.79 bits per heavy atom. The maximum absolute atomic E-state index is 12.0. The lowest BCUT2D eigenvalue weighted by Crippen LogP contribution is -2.41. The molecule has 2 aliphatic rings. The molecular formula is C13H21NO4S. The van der Waals surface area contributed by atoms with Crippen molar-refractivity contribution >= 4 is 23.6 Å². The van der Waals surface area contributed by atoms with Crippen molar-refractivity contribution < 1.29 is 19.4 Å². The third-order valence-electron chi connectivity index (χ3n) is 3.83. The van der Waals surface area contributed by atoms with Gasteiger partial charge in [0.15, 0.2) is 0 Å². The SMILES string of the molecule is O=C(O)C1CCC(SCC(=O)N2CCOCC2)CC1. The van der Waals surface area contributed by atoms with Crippen LogP contribution in [0.1, 0.15) is 25.7 Å². The number of ether oxygens (including phenoxy) is 1. The Bertz CT molecular complexity index is 323. The van der Waals surface area contributed by atoms with Gasteiger partial charge in [0.2, 0.25) is 5.91 Å². The molecule has 1 saturated carbocycles. The van der Waals surface area contributed by atoms with Gasteiger partial charge in [-0.2, -0.15) is 0 Å². The standard InChI is InChI=1S/C13H21NO4S/c15-12(14-5-7-18-8-6-14)9-19-11-3-1-10(2-4-11)13(16)17/h10-11H,1-9H2,(H,16,17). The first-order chi connectivity index (χ1) is 9.16. The summed E-state index contributed by atoms with van der Waals surface area (Å²) >= 11 is 1.69. The van der Waals surface area contributed by atoms with Crippen LogP contribution >= 0.6 is 11.8 Å². The molecule has 19 heavy (non-hydrogen) atoms. The quantitative estimate of drug-likeness (QED) is 0.842. The molecule has 0 radical (unpaired) electrons. The van der Waals surface area contributed by atoms with Crippen LogP contribution in [0.3, 0.4) is 0 Å². The number of amides is 1. The second kappa shape index (κ2) is 7.14. The van der Waals surface area contributed by atoms with Crippen LogP contribution in [0.15, 0.2) is 0 Å². The Morgan fingerprint density at radius 3 is 2.37 bits per heavy atom. The van der Waals surface area contributed by atoms with Gasteiger partial charge in [-0.15, -0.1) is 11.8 Å². The maximum Gasteiger partial charge on any atom is 0.306 e. The lowest BCUT2D eigenvalue weighted by Gasteiger charge is -2.29. The number of carboxylic acid groups (broad SMARTS) is 1. The number of aliphatic carboxylic acids is 1. The molecule has 0 aromatic carbocycles. The largest absolute Gasteiger partial charge is 0.481 e. The normalized spacial score (nSPS) is 28.1. The van der Waals surface area contributed by atoms with Crippen molar-refractivity contribution in [3.63, 3.8) is 0 Å². The second-order valence-corrected chi connectivity index (χ2v) is 6.40. The Morgan fingerprint density at radius 1 is 1.16 bits per heavy atom. The topological polar surface area (TPSA) is 66.8 Å². The molecule has 1 N–H and O–H groups in total. The van der Waals surface area contributed by atoms with E-state index in [9.17, 15) is 9.59 Å². The van der Waals surface area contributed by atoms with Crippen LogP contribution in [0.25, 0.3) is 0 Å². The molecule has 0 aromatic rings. The molecule has 1 amide bonds. The Kier molecular flexibility index (Phi) is 5.51. The molecule has 2 rings (SSSR count). The van der Waals surface area contributed by atoms with Gasteiger partial charge in [0.1, 0.15) is 0 Å². The molecule has 1 aliphatic heterocycles. The number of carbonyl (C=O) groups is 2. The summed E-state index contributed by atoms with van der Waals surface area (Å²) in [5, 5.41) is 9.38. The van der Waals surface area contributed by atoms with Gasteiger partial charge in [-0.1, -0.05) is 0 Å². The first kappa shape index (κ1) is 14.7. The van der Waals surface area contributed by atoms with E-state index in [1.54, 1.807) is 11.8 Å². The number of hydrogen-bond acceptors (Lipinski definition) is 4. The van der Waals surface area contributed by atoms with Crippen molar-refractivity contribution in [2.24, 2.45) is 5.92 Å². The van der Waals surface area contributed by atoms with E-state index in [4.69, 9.17) is 9.84 Å². The Hall–Kier alpha value is -0.750. The third kappa shape index (κ3) is 4.38. The van der Waals surface area contributed by atoms with Gasteiger partial charge in [-0.25, -0.2) is 0 Å². The molecule has 5 nitrogen and oxygen atoms in total. The van der Waals surface area contributed by atoms with E-state index in [-0.39, 0.29) is 11.8 Å². The van der Waals surface area contributed by atoms with Gasteiger partial charge < -0.3 is 14.7 Å². The number of thioether (sulfide) groups is 1. The van der Waals surface area contributed by atoms with Gasteiger partial charge in [-0.05, 0) is 25.7 Å². The Labute approximate surface area is 117 Å². The van der Waals surface area contributed by atoms with E-state index >= 15 is 0 Å². The molecule has 0 spiro atoms. The number of nitrogens with zero attached hydrogens (tertiary/aromatic N) is 1. The van der Waals surface area contributed by atoms with E-state index in [1.807, 2.05) is 4.90 Å². The van der Waals surface area contributed by atoms with Crippen LogP contribution in [-0.2, 0) is 14.3 Å². The highest BCUT2D eigenvalue weighted by Crippen LogP contribution is 2.32. The highest BCUT2D eigenvalue weighted by atomic mass is 32.2. The van der Waals surface area contributed by atoms with Gasteiger partial charge in [0.25, 0.3) is 0 Å². The zero-order valence-corrected chi connectivity index (χ0v) is 11.9. The zero-order chi connectivity index (χ0) is 13.7. The minimum Gasteiger partial charge on any atom is -0.481 e. The molecule has 1 saturated heterocycles. The monoisotopic (exact) mass is 287 g/mol. The fraction of sp³-hybridized carbons (Fsp3) is 0.846. The first-order valence-corrected chi connectivity index (χ1v) is 7.91. The van der Waals surface area contributed by atoms with Crippen molar-refractivity contribution in [3.05, 3.63) is 0 Å². The number of rotatable bonds is 4. The fourth-order valence-electron chi connectivity index (χ4n) is 2.57. The van der Waals surface area contributed by atoms with E-state index in [0.29, 0.717) is 37.3 Å². The number of hydrogen-bond donors (Lipinski definition) is 1. The maximum atomic E-state index is 12.0. The van der Waals surface area contributed by atoms with Crippen molar-refractivity contribution in [2.75, 3.05) is 32.1 Å². The van der Waals surface area contributed by atoms with Crippen molar-refractivity contribution in [2.45, 2.75) is 30.9 Å². The summed E-state index contributed by atoms with van der Waals surface area (Å²) in [4.78, 5) is 24.7. The van der Waals surface area contributed by atoms with Crippen molar-refractivity contribution in [1.82, 2.24) is 4.90 Å². The van der Waals surface area contributed by atoms with Crippen LogP contribution in [0.2, 0.25) is 0 Å². The van der Waals surface area contributed by atoms with Gasteiger partial charge in [0, 0.05) is 18.3 Å².